The average Bonchev–Trinajstić information content (AvgIpc) is 3.30. The van der Waals surface area contributed by atoms with Crippen LogP contribution in [0.2, 0.25) is 0 Å². The lowest BCUT2D eigenvalue weighted by Gasteiger charge is -2.28. The lowest BCUT2D eigenvalue weighted by Crippen LogP contribution is -2.14. The summed E-state index contributed by atoms with van der Waals surface area (Å²) in [5.74, 6) is 6.14. The molecule has 11 nitrogen and oxygen atoms in total. The van der Waals surface area contributed by atoms with Crippen LogP contribution in [0.5, 0.6) is 23.0 Å². The minimum atomic E-state index is -0.230. The number of hydrogen-bond acceptors (Lipinski definition) is 11. The number of esters is 2. The number of aromatic nitrogens is 4. The number of Topliss-reactive ketones (excluding diaryl/α,β-unsaturated/α-hetero) is 1. The molecule has 0 saturated heterocycles. The monoisotopic (exact) mass is 846 g/mol. The van der Waals surface area contributed by atoms with E-state index in [0.29, 0.717) is 65.1 Å². The molecule has 62 heavy (non-hydrogen) atoms. The summed E-state index contributed by atoms with van der Waals surface area (Å²) >= 11 is 0. The number of rotatable bonds is 24. The van der Waals surface area contributed by atoms with Gasteiger partial charge in [0.15, 0.2) is 11.6 Å². The summed E-state index contributed by atoms with van der Waals surface area (Å²) in [6, 6.07) is 14.1. The summed E-state index contributed by atoms with van der Waals surface area (Å²) in [4.78, 5) is 54.4. The molecule has 2 saturated carbocycles. The van der Waals surface area contributed by atoms with Gasteiger partial charge in [-0.3, -0.25) is 14.4 Å². The third-order valence-corrected chi connectivity index (χ3v) is 12.5. The molecule has 2 aliphatic carbocycles. The highest BCUT2D eigenvalue weighted by molar-refractivity contribution is 5.78. The molecule has 2 fully saturated rings. The first kappa shape index (κ1) is 46.3. The van der Waals surface area contributed by atoms with Crippen molar-refractivity contribution in [3.05, 3.63) is 96.1 Å². The van der Waals surface area contributed by atoms with Crippen molar-refractivity contribution in [2.24, 2.45) is 11.8 Å². The molecular weight excluding hydrogens is 781 g/mol. The van der Waals surface area contributed by atoms with E-state index in [4.69, 9.17) is 18.9 Å². The average molecular weight is 847 g/mol. The third-order valence-electron chi connectivity index (χ3n) is 12.5. The highest BCUT2D eigenvalue weighted by Crippen LogP contribution is 2.39. The molecule has 2 aromatic heterocycles. The molecule has 0 N–H and O–H groups in total. The van der Waals surface area contributed by atoms with Gasteiger partial charge in [0, 0.05) is 50.5 Å². The van der Waals surface area contributed by atoms with Gasteiger partial charge >= 0.3 is 11.9 Å². The van der Waals surface area contributed by atoms with Gasteiger partial charge < -0.3 is 18.9 Å². The Kier molecular flexibility index (Phi) is 18.7. The van der Waals surface area contributed by atoms with Crippen LogP contribution in [0, 0.1) is 11.8 Å². The number of hydrogen-bond donors (Lipinski definition) is 0. The first-order valence-electron chi connectivity index (χ1n) is 23.3. The molecule has 0 amide bonds. The van der Waals surface area contributed by atoms with Crippen LogP contribution >= 0.6 is 0 Å². The van der Waals surface area contributed by atoms with Crippen molar-refractivity contribution < 1.29 is 33.3 Å². The highest BCUT2D eigenvalue weighted by Gasteiger charge is 2.24. The Balaban J connectivity index is 0.760. The minimum absolute atomic E-state index is 0.230. The Morgan fingerprint density at radius 3 is 1.19 bits per heavy atom. The molecule has 2 aliphatic rings. The van der Waals surface area contributed by atoms with E-state index in [-0.39, 0.29) is 25.2 Å². The molecule has 0 aliphatic heterocycles. The number of benzene rings is 2. The SMILES string of the molecule is CCCC(=O)Oc1ccc(OCc2ncc(C3CCC(CCCCC(=O)CCCC[C@H]4CC[C@H](c5cnc(COc6ccc(OC(=O)CCC)cc6)nc5)CC4)CC3)cn2)cc1. The summed E-state index contributed by atoms with van der Waals surface area (Å²) in [6.07, 6.45) is 27.9. The van der Waals surface area contributed by atoms with Crippen LogP contribution < -0.4 is 18.9 Å². The Hall–Kier alpha value is -5.19. The lowest BCUT2D eigenvalue weighted by atomic mass is 9.77. The zero-order chi connectivity index (χ0) is 43.4. The van der Waals surface area contributed by atoms with Crippen molar-refractivity contribution in [3.8, 4) is 23.0 Å². The van der Waals surface area contributed by atoms with E-state index in [0.717, 1.165) is 88.9 Å². The molecule has 6 rings (SSSR count). The van der Waals surface area contributed by atoms with Crippen molar-refractivity contribution >= 4 is 17.7 Å². The Morgan fingerprint density at radius 2 is 0.839 bits per heavy atom. The predicted octanol–water partition coefficient (Wildman–Crippen LogP) is 11.8. The van der Waals surface area contributed by atoms with E-state index in [1.165, 1.54) is 49.7 Å². The summed E-state index contributed by atoms with van der Waals surface area (Å²) in [5.41, 5.74) is 2.41. The molecule has 0 atom stereocenters. The molecule has 0 unspecified atom stereocenters. The van der Waals surface area contributed by atoms with Gasteiger partial charge in [0.2, 0.25) is 0 Å². The van der Waals surface area contributed by atoms with Crippen molar-refractivity contribution in [2.45, 2.75) is 167 Å². The van der Waals surface area contributed by atoms with E-state index in [1.807, 2.05) is 38.6 Å². The zero-order valence-electron chi connectivity index (χ0n) is 36.9. The minimum Gasteiger partial charge on any atom is -0.486 e. The van der Waals surface area contributed by atoms with Crippen LogP contribution in [-0.2, 0) is 27.6 Å². The summed E-state index contributed by atoms with van der Waals surface area (Å²) < 4.78 is 22.3. The van der Waals surface area contributed by atoms with Crippen LogP contribution in [0.4, 0.5) is 0 Å². The lowest BCUT2D eigenvalue weighted by molar-refractivity contribution is -0.135. The normalized spacial score (nSPS) is 18.7. The largest absolute Gasteiger partial charge is 0.486 e. The van der Waals surface area contributed by atoms with Crippen molar-refractivity contribution in [2.75, 3.05) is 0 Å². The van der Waals surface area contributed by atoms with E-state index in [2.05, 4.69) is 19.9 Å². The van der Waals surface area contributed by atoms with Crippen LogP contribution in [0.25, 0.3) is 0 Å². The smallest absolute Gasteiger partial charge is 0.311 e. The first-order valence-corrected chi connectivity index (χ1v) is 23.3. The van der Waals surface area contributed by atoms with Crippen molar-refractivity contribution in [1.29, 1.82) is 0 Å². The molecule has 2 heterocycles. The second-order valence-electron chi connectivity index (χ2n) is 17.3. The topological polar surface area (TPSA) is 140 Å². The second-order valence-corrected chi connectivity index (χ2v) is 17.3. The third kappa shape index (κ3) is 15.6. The van der Waals surface area contributed by atoms with Gasteiger partial charge in [0.05, 0.1) is 0 Å². The summed E-state index contributed by atoms with van der Waals surface area (Å²) in [5, 5.41) is 0. The summed E-state index contributed by atoms with van der Waals surface area (Å²) in [7, 11) is 0. The van der Waals surface area contributed by atoms with Gasteiger partial charge in [-0.05, 0) is 160 Å². The Labute approximate surface area is 368 Å². The number of carbonyl (C=O) groups is 3. The van der Waals surface area contributed by atoms with Gasteiger partial charge in [0.25, 0.3) is 0 Å². The number of ketones is 1. The van der Waals surface area contributed by atoms with Crippen LogP contribution in [0.15, 0.2) is 73.3 Å². The maximum Gasteiger partial charge on any atom is 0.311 e. The number of unbranched alkanes of at least 4 members (excludes halogenated alkanes) is 2. The fourth-order valence-electron chi connectivity index (χ4n) is 8.78. The highest BCUT2D eigenvalue weighted by atomic mass is 16.5. The van der Waals surface area contributed by atoms with E-state index >= 15 is 0 Å². The molecule has 11 heteroatoms. The maximum absolute atomic E-state index is 12.7. The van der Waals surface area contributed by atoms with Gasteiger partial charge in [-0.2, -0.15) is 0 Å². The van der Waals surface area contributed by atoms with Crippen molar-refractivity contribution in [1.82, 2.24) is 19.9 Å². The van der Waals surface area contributed by atoms with Crippen LogP contribution in [0.1, 0.15) is 177 Å². The Bertz CT molecular complexity index is 1800. The number of ether oxygens (including phenoxy) is 4. The molecule has 0 spiro atoms. The van der Waals surface area contributed by atoms with Gasteiger partial charge in [-0.15, -0.1) is 0 Å². The number of carbonyl (C=O) groups excluding carboxylic acids is 3. The molecule has 332 valence electrons. The molecule has 0 bridgehead atoms. The first-order chi connectivity index (χ1) is 30.3. The quantitative estimate of drug-likeness (QED) is 0.0378. The van der Waals surface area contributed by atoms with Crippen molar-refractivity contribution in [3.63, 3.8) is 0 Å². The fraction of sp³-hybridized carbons (Fsp3) is 0.549. The molecule has 4 aromatic rings. The van der Waals surface area contributed by atoms with Gasteiger partial charge in [-0.1, -0.05) is 39.5 Å². The molecule has 0 radical (unpaired) electrons. The van der Waals surface area contributed by atoms with E-state index in [9.17, 15) is 14.4 Å². The van der Waals surface area contributed by atoms with Gasteiger partial charge in [-0.25, -0.2) is 19.9 Å². The van der Waals surface area contributed by atoms with Gasteiger partial charge in [0.1, 0.15) is 42.0 Å². The molecular formula is C51H66N4O7. The van der Waals surface area contributed by atoms with Crippen LogP contribution in [-0.4, -0.2) is 37.7 Å². The van der Waals surface area contributed by atoms with E-state index in [1.54, 1.807) is 48.5 Å². The second kappa shape index (κ2) is 25.1. The standard InChI is InChI=1S/C51H66N4O7/c1-3-9-50(57)61-46-27-23-44(24-28-46)59-35-48-52-31-41(32-53-48)39-19-15-37(16-20-39)11-5-7-13-43(56)14-8-6-12-38-17-21-40(22-18-38)42-33-54-49(55-34-42)36-60-45-25-29-47(30-26-45)62-51(58)10-4-2/h23-34,37-40H,3-22,35-36H2,1-2H3/t37-,38?,39-,40?. The molecule has 2 aromatic carbocycles. The van der Waals surface area contributed by atoms with E-state index < -0.39 is 0 Å². The zero-order valence-corrected chi connectivity index (χ0v) is 36.9. The summed E-state index contributed by atoms with van der Waals surface area (Å²) in [6.45, 7) is 4.45. The maximum atomic E-state index is 12.7. The predicted molar refractivity (Wildman–Crippen MR) is 238 cm³/mol. The van der Waals surface area contributed by atoms with Crippen LogP contribution in [0.3, 0.4) is 0 Å². The Morgan fingerprint density at radius 1 is 0.484 bits per heavy atom. The fourth-order valence-corrected chi connectivity index (χ4v) is 8.78. The number of nitrogens with zero attached hydrogens (tertiary/aromatic N) is 4.